The van der Waals surface area contributed by atoms with Crippen LogP contribution in [0, 0.1) is 6.92 Å². The number of hydrogen-bond donors (Lipinski definition) is 2. The number of aliphatic carboxylic acids is 1. The van der Waals surface area contributed by atoms with E-state index < -0.39 is 28.1 Å². The molecule has 2 atom stereocenters. The maximum absolute atomic E-state index is 12.4. The summed E-state index contributed by atoms with van der Waals surface area (Å²) in [6.07, 6.45) is -1.03. The molecule has 2 N–H and O–H groups in total. The third-order valence-corrected chi connectivity index (χ3v) is 5.04. The van der Waals surface area contributed by atoms with Crippen molar-refractivity contribution in [3.8, 4) is 0 Å². The van der Waals surface area contributed by atoms with Gasteiger partial charge in [0.2, 0.25) is 10.0 Å². The van der Waals surface area contributed by atoms with Crippen molar-refractivity contribution < 1.29 is 23.4 Å². The molecule has 6 nitrogen and oxygen atoms in total. The molecule has 1 radical (unpaired) electrons. The quantitative estimate of drug-likeness (QED) is 0.752. The summed E-state index contributed by atoms with van der Waals surface area (Å²) in [5, 5.41) is 18.5. The second kappa shape index (κ2) is 6.97. The number of aliphatic hydroxyl groups is 1. The van der Waals surface area contributed by atoms with Gasteiger partial charge in [-0.05, 0) is 19.1 Å². The average molecular weight is 324 g/mol. The topological polar surface area (TPSA) is 94.9 Å². The van der Waals surface area contributed by atoms with E-state index >= 15 is 0 Å². The summed E-state index contributed by atoms with van der Waals surface area (Å²) < 4.78 is 25.6. The Hall–Kier alpha value is 0.196. The first-order valence-corrected chi connectivity index (χ1v) is 7.26. The van der Waals surface area contributed by atoms with E-state index in [1.807, 2.05) is 6.92 Å². The molecule has 1 aromatic rings. The van der Waals surface area contributed by atoms with Crippen LogP contribution in [0.3, 0.4) is 0 Å². The molecule has 0 amide bonds. The maximum atomic E-state index is 12.4. The van der Waals surface area contributed by atoms with E-state index in [0.717, 1.165) is 9.87 Å². The van der Waals surface area contributed by atoms with Crippen LogP contribution in [0.25, 0.3) is 0 Å². The van der Waals surface area contributed by atoms with Crippen molar-refractivity contribution in [2.24, 2.45) is 0 Å². The molecule has 0 aliphatic carbocycles. The van der Waals surface area contributed by atoms with Crippen LogP contribution in [0.15, 0.2) is 29.2 Å². The number of carboxylic acids is 1. The van der Waals surface area contributed by atoms with Gasteiger partial charge >= 0.3 is 5.97 Å². The monoisotopic (exact) mass is 324 g/mol. The zero-order chi connectivity index (χ0) is 14.2. The minimum absolute atomic E-state index is 0. The van der Waals surface area contributed by atoms with Crippen molar-refractivity contribution in [3.05, 3.63) is 29.8 Å². The maximum Gasteiger partial charge on any atom is 0.322 e. The molecule has 1 heterocycles. The van der Waals surface area contributed by atoms with E-state index in [4.69, 9.17) is 5.11 Å². The van der Waals surface area contributed by atoms with Gasteiger partial charge in [-0.3, -0.25) is 4.79 Å². The zero-order valence-electron chi connectivity index (χ0n) is 11.4. The van der Waals surface area contributed by atoms with Gasteiger partial charge < -0.3 is 10.2 Å². The van der Waals surface area contributed by atoms with Crippen LogP contribution in [0.4, 0.5) is 0 Å². The van der Waals surface area contributed by atoms with Gasteiger partial charge in [0.15, 0.2) is 0 Å². The van der Waals surface area contributed by atoms with Crippen molar-refractivity contribution in [1.29, 1.82) is 0 Å². The van der Waals surface area contributed by atoms with Crippen LogP contribution in [0.2, 0.25) is 0 Å². The average Bonchev–Trinajstić information content (AvgIpc) is 2.73. The number of nitrogens with zero attached hydrogens (tertiary/aromatic N) is 1. The molecular formula is C12H15KNO5S. The largest absolute Gasteiger partial charge is 0.480 e. The SMILES string of the molecule is Cc1ccc(S(=O)(=O)N2C[C@H](O)C[C@H]2C(=O)O)cc1.[K]. The minimum atomic E-state index is -3.89. The van der Waals surface area contributed by atoms with Crippen LogP contribution in [0.5, 0.6) is 0 Å². The molecule has 105 valence electrons. The standard InChI is InChI=1S/C12H15NO5S.K/c1-8-2-4-10(5-3-8)19(17,18)13-7-9(14)6-11(13)12(15)16;/h2-5,9,11,14H,6-7H2,1H3,(H,15,16);/t9-,11+;/m1./s1. The van der Waals surface area contributed by atoms with E-state index in [9.17, 15) is 18.3 Å². The fourth-order valence-corrected chi connectivity index (χ4v) is 3.75. The number of hydrogen-bond acceptors (Lipinski definition) is 4. The summed E-state index contributed by atoms with van der Waals surface area (Å²) in [4.78, 5) is 11.1. The molecule has 0 aromatic heterocycles. The van der Waals surface area contributed by atoms with Crippen molar-refractivity contribution in [2.75, 3.05) is 6.54 Å². The van der Waals surface area contributed by atoms with Gasteiger partial charge in [0.05, 0.1) is 11.0 Å². The first-order chi connectivity index (χ1) is 8.82. The molecule has 1 aliphatic rings. The first-order valence-electron chi connectivity index (χ1n) is 5.82. The molecule has 20 heavy (non-hydrogen) atoms. The number of rotatable bonds is 3. The number of sulfonamides is 1. The molecule has 0 spiro atoms. The molecule has 1 fully saturated rings. The minimum Gasteiger partial charge on any atom is -0.480 e. The predicted octanol–water partition coefficient (Wildman–Crippen LogP) is -0.177. The van der Waals surface area contributed by atoms with Crippen molar-refractivity contribution in [2.45, 2.75) is 30.4 Å². The van der Waals surface area contributed by atoms with Crippen LogP contribution in [-0.2, 0) is 14.8 Å². The predicted molar refractivity (Wildman–Crippen MR) is 72.9 cm³/mol. The van der Waals surface area contributed by atoms with Crippen LogP contribution >= 0.6 is 0 Å². The molecular weight excluding hydrogens is 309 g/mol. The van der Waals surface area contributed by atoms with Crippen LogP contribution in [-0.4, -0.2) is 99.0 Å². The summed E-state index contributed by atoms with van der Waals surface area (Å²) >= 11 is 0. The van der Waals surface area contributed by atoms with Gasteiger partial charge in [-0.25, -0.2) is 8.42 Å². The fourth-order valence-electron chi connectivity index (χ4n) is 2.12. The van der Waals surface area contributed by atoms with Gasteiger partial charge in [0, 0.05) is 64.4 Å². The summed E-state index contributed by atoms with van der Waals surface area (Å²) in [6.45, 7) is 1.64. The second-order valence-electron chi connectivity index (χ2n) is 4.63. The molecule has 1 saturated heterocycles. The smallest absolute Gasteiger partial charge is 0.322 e. The first kappa shape index (κ1) is 18.2. The summed E-state index contributed by atoms with van der Waals surface area (Å²) in [5.74, 6) is -1.24. The Morgan fingerprint density at radius 1 is 1.30 bits per heavy atom. The Labute approximate surface area is 160 Å². The number of β-amino-alcohol motifs (C(OH)–C–C–N with tert-alkyl or cyclic N) is 1. The van der Waals surface area contributed by atoms with Gasteiger partial charge in [-0.2, -0.15) is 4.31 Å². The van der Waals surface area contributed by atoms with E-state index in [1.54, 1.807) is 12.1 Å². The third kappa shape index (κ3) is 3.69. The molecule has 1 aliphatic heterocycles. The number of carbonyl (C=O) groups is 1. The number of aliphatic hydroxyl groups excluding tert-OH is 1. The van der Waals surface area contributed by atoms with Gasteiger partial charge in [-0.15, -0.1) is 0 Å². The normalized spacial score (nSPS) is 23.3. The van der Waals surface area contributed by atoms with Crippen LogP contribution in [0.1, 0.15) is 12.0 Å². The summed E-state index contributed by atoms with van der Waals surface area (Å²) in [5.41, 5.74) is 0.912. The third-order valence-electron chi connectivity index (χ3n) is 3.15. The van der Waals surface area contributed by atoms with E-state index in [1.165, 1.54) is 12.1 Å². The second-order valence-corrected chi connectivity index (χ2v) is 6.52. The van der Waals surface area contributed by atoms with Gasteiger partial charge in [0.1, 0.15) is 6.04 Å². The summed E-state index contributed by atoms with van der Waals surface area (Å²) in [7, 11) is -3.89. The molecule has 0 bridgehead atoms. The number of benzene rings is 1. The number of carboxylic acid groups (broad SMARTS) is 1. The van der Waals surface area contributed by atoms with Crippen LogP contribution < -0.4 is 0 Å². The summed E-state index contributed by atoms with van der Waals surface area (Å²) in [6, 6.07) is 4.97. The van der Waals surface area contributed by atoms with E-state index in [0.29, 0.717) is 0 Å². The molecule has 0 saturated carbocycles. The van der Waals surface area contributed by atoms with Crippen molar-refractivity contribution in [1.82, 2.24) is 4.31 Å². The van der Waals surface area contributed by atoms with Crippen molar-refractivity contribution in [3.63, 3.8) is 0 Å². The van der Waals surface area contributed by atoms with E-state index in [-0.39, 0.29) is 69.2 Å². The Balaban J connectivity index is 0.00000200. The van der Waals surface area contributed by atoms with Gasteiger partial charge in [-0.1, -0.05) is 17.7 Å². The molecule has 2 rings (SSSR count). The van der Waals surface area contributed by atoms with E-state index in [2.05, 4.69) is 0 Å². The molecule has 0 unspecified atom stereocenters. The number of aryl methyl sites for hydroxylation is 1. The van der Waals surface area contributed by atoms with Crippen molar-refractivity contribution >= 4 is 67.4 Å². The zero-order valence-corrected chi connectivity index (χ0v) is 15.3. The molecule has 1 aromatic carbocycles. The Bertz CT molecular complexity index is 586. The Morgan fingerprint density at radius 3 is 2.35 bits per heavy atom. The molecule has 8 heteroatoms. The Kier molecular flexibility index (Phi) is 6.36. The van der Waals surface area contributed by atoms with Gasteiger partial charge in [0.25, 0.3) is 0 Å². The Morgan fingerprint density at radius 2 is 1.85 bits per heavy atom. The fraction of sp³-hybridized carbons (Fsp3) is 0.417.